The van der Waals surface area contributed by atoms with Crippen LogP contribution in [0.4, 0.5) is 0 Å². The number of thiophene rings is 1. The minimum Gasteiger partial charge on any atom is -0.356 e. The van der Waals surface area contributed by atoms with Gasteiger partial charge >= 0.3 is 0 Å². The van der Waals surface area contributed by atoms with Gasteiger partial charge in [0, 0.05) is 25.0 Å². The highest BCUT2D eigenvalue weighted by molar-refractivity contribution is 14.0. The highest BCUT2D eigenvalue weighted by atomic mass is 127. The number of aryl methyl sites for hydroxylation is 1. The van der Waals surface area contributed by atoms with E-state index in [2.05, 4.69) is 43.3 Å². The van der Waals surface area contributed by atoms with E-state index in [0.717, 1.165) is 38.4 Å². The molecule has 0 saturated carbocycles. The molecule has 2 N–H and O–H groups in total. The standard InChI is InChI=1S/C13H20N6S.HI/c1-14-13(16-9-12-5-4-8-20-12)15-6-2-3-7-19-10-17-18-11-19;/h4-5,8,10-11H,2-3,6-7,9H2,1H3,(H2,14,15,16);1H. The first-order chi connectivity index (χ1) is 9.88. The molecule has 21 heavy (non-hydrogen) atoms. The third-order valence-corrected chi connectivity index (χ3v) is 3.71. The van der Waals surface area contributed by atoms with Gasteiger partial charge in [-0.25, -0.2) is 0 Å². The Morgan fingerprint density at radius 1 is 1.29 bits per heavy atom. The van der Waals surface area contributed by atoms with Crippen LogP contribution < -0.4 is 10.6 Å². The number of aromatic nitrogens is 3. The van der Waals surface area contributed by atoms with Crippen molar-refractivity contribution in [2.24, 2.45) is 4.99 Å². The van der Waals surface area contributed by atoms with E-state index in [1.807, 2.05) is 4.57 Å². The molecule has 0 aliphatic heterocycles. The summed E-state index contributed by atoms with van der Waals surface area (Å²) >= 11 is 1.75. The summed E-state index contributed by atoms with van der Waals surface area (Å²) in [7, 11) is 1.79. The Morgan fingerprint density at radius 2 is 2.10 bits per heavy atom. The van der Waals surface area contributed by atoms with E-state index >= 15 is 0 Å². The van der Waals surface area contributed by atoms with Gasteiger partial charge in [0.05, 0.1) is 6.54 Å². The molecule has 6 nitrogen and oxygen atoms in total. The largest absolute Gasteiger partial charge is 0.356 e. The van der Waals surface area contributed by atoms with Crippen LogP contribution in [-0.2, 0) is 13.1 Å². The second-order valence-corrected chi connectivity index (χ2v) is 5.37. The zero-order valence-corrected chi connectivity index (χ0v) is 15.2. The van der Waals surface area contributed by atoms with Gasteiger partial charge in [-0.2, -0.15) is 0 Å². The van der Waals surface area contributed by atoms with Gasteiger partial charge in [-0.1, -0.05) is 6.07 Å². The molecule has 0 fully saturated rings. The minimum atomic E-state index is 0. The Kier molecular flexibility index (Phi) is 8.99. The molecule has 0 amide bonds. The lowest BCUT2D eigenvalue weighted by atomic mass is 10.3. The van der Waals surface area contributed by atoms with Crippen molar-refractivity contribution in [1.82, 2.24) is 25.4 Å². The maximum Gasteiger partial charge on any atom is 0.191 e. The van der Waals surface area contributed by atoms with Crippen molar-refractivity contribution in [1.29, 1.82) is 0 Å². The van der Waals surface area contributed by atoms with Crippen molar-refractivity contribution >= 4 is 41.3 Å². The summed E-state index contributed by atoms with van der Waals surface area (Å²) in [4.78, 5) is 5.51. The Labute approximate surface area is 146 Å². The van der Waals surface area contributed by atoms with Crippen LogP contribution in [0, 0.1) is 0 Å². The maximum absolute atomic E-state index is 4.21. The smallest absolute Gasteiger partial charge is 0.191 e. The molecule has 0 saturated heterocycles. The number of halogens is 1. The molecule has 0 aliphatic rings. The van der Waals surface area contributed by atoms with Crippen molar-refractivity contribution < 1.29 is 0 Å². The van der Waals surface area contributed by atoms with E-state index in [4.69, 9.17) is 0 Å². The van der Waals surface area contributed by atoms with Gasteiger partial charge in [0.15, 0.2) is 5.96 Å². The van der Waals surface area contributed by atoms with Crippen molar-refractivity contribution in [2.45, 2.75) is 25.9 Å². The Balaban J connectivity index is 0.00000220. The molecule has 2 aromatic rings. The first kappa shape index (κ1) is 17.9. The summed E-state index contributed by atoms with van der Waals surface area (Å²) in [5, 5.41) is 16.3. The lowest BCUT2D eigenvalue weighted by Gasteiger charge is -2.11. The van der Waals surface area contributed by atoms with Gasteiger partial charge < -0.3 is 15.2 Å². The predicted octanol–water partition coefficient (Wildman–Crippen LogP) is 2.10. The van der Waals surface area contributed by atoms with E-state index in [1.165, 1.54) is 4.88 Å². The van der Waals surface area contributed by atoms with Gasteiger partial charge in [-0.05, 0) is 24.3 Å². The molecule has 0 radical (unpaired) electrons. The van der Waals surface area contributed by atoms with Gasteiger partial charge in [0.2, 0.25) is 0 Å². The van der Waals surface area contributed by atoms with Crippen LogP contribution in [0.1, 0.15) is 17.7 Å². The Hall–Kier alpha value is -1.16. The predicted molar refractivity (Wildman–Crippen MR) is 97.2 cm³/mol. The zero-order chi connectivity index (χ0) is 14.0. The van der Waals surface area contributed by atoms with E-state index in [1.54, 1.807) is 31.0 Å². The molecule has 2 heterocycles. The van der Waals surface area contributed by atoms with Crippen molar-refractivity contribution in [3.8, 4) is 0 Å². The molecular formula is C13H21IN6S. The van der Waals surface area contributed by atoms with Crippen molar-refractivity contribution in [2.75, 3.05) is 13.6 Å². The van der Waals surface area contributed by atoms with Gasteiger partial charge in [0.25, 0.3) is 0 Å². The SMILES string of the molecule is CN=C(NCCCCn1cnnc1)NCc1cccs1.I. The molecule has 0 bridgehead atoms. The topological polar surface area (TPSA) is 67.1 Å². The number of rotatable bonds is 7. The number of unbranched alkanes of at least 4 members (excludes halogenated alkanes) is 1. The molecule has 116 valence electrons. The molecule has 2 aromatic heterocycles. The Bertz CT molecular complexity index is 497. The number of hydrogen-bond acceptors (Lipinski definition) is 4. The highest BCUT2D eigenvalue weighted by Gasteiger charge is 1.98. The molecular weight excluding hydrogens is 399 g/mol. The zero-order valence-electron chi connectivity index (χ0n) is 12.0. The fourth-order valence-electron chi connectivity index (χ4n) is 1.77. The molecule has 8 heteroatoms. The van der Waals surface area contributed by atoms with Crippen molar-refractivity contribution in [3.63, 3.8) is 0 Å². The van der Waals surface area contributed by atoms with Crippen LogP contribution in [0.3, 0.4) is 0 Å². The number of nitrogens with zero attached hydrogens (tertiary/aromatic N) is 4. The van der Waals surface area contributed by atoms with Crippen LogP contribution in [0.2, 0.25) is 0 Å². The third-order valence-electron chi connectivity index (χ3n) is 2.84. The average molecular weight is 420 g/mol. The monoisotopic (exact) mass is 420 g/mol. The van der Waals surface area contributed by atoms with Crippen LogP contribution in [0.5, 0.6) is 0 Å². The number of hydrogen-bond donors (Lipinski definition) is 2. The lowest BCUT2D eigenvalue weighted by Crippen LogP contribution is -2.37. The fraction of sp³-hybridized carbons (Fsp3) is 0.462. The van der Waals surface area contributed by atoms with Crippen LogP contribution in [-0.4, -0.2) is 34.3 Å². The summed E-state index contributed by atoms with van der Waals surface area (Å²) in [5.41, 5.74) is 0. The summed E-state index contributed by atoms with van der Waals surface area (Å²) in [5.74, 6) is 0.850. The minimum absolute atomic E-state index is 0. The maximum atomic E-state index is 4.21. The number of guanidine groups is 1. The van der Waals surface area contributed by atoms with Crippen LogP contribution in [0.15, 0.2) is 35.2 Å². The Morgan fingerprint density at radius 3 is 2.76 bits per heavy atom. The van der Waals surface area contributed by atoms with E-state index in [0.29, 0.717) is 0 Å². The fourth-order valence-corrected chi connectivity index (χ4v) is 2.41. The van der Waals surface area contributed by atoms with Gasteiger partial charge in [-0.15, -0.1) is 45.5 Å². The lowest BCUT2D eigenvalue weighted by molar-refractivity contribution is 0.598. The quantitative estimate of drug-likeness (QED) is 0.312. The first-order valence-electron chi connectivity index (χ1n) is 6.68. The second kappa shape index (κ2) is 10.6. The molecule has 0 unspecified atom stereocenters. The second-order valence-electron chi connectivity index (χ2n) is 4.34. The third kappa shape index (κ3) is 6.89. The molecule has 0 aliphatic carbocycles. The van der Waals surface area contributed by atoms with Gasteiger partial charge in [0.1, 0.15) is 12.7 Å². The summed E-state index contributed by atoms with van der Waals surface area (Å²) in [6.45, 7) is 2.68. The summed E-state index contributed by atoms with van der Waals surface area (Å²) in [6.07, 6.45) is 5.66. The average Bonchev–Trinajstić information content (AvgIpc) is 3.14. The highest BCUT2D eigenvalue weighted by Crippen LogP contribution is 2.07. The molecule has 0 atom stereocenters. The number of aliphatic imine (C=N–C) groups is 1. The molecule has 0 spiro atoms. The summed E-state index contributed by atoms with van der Waals surface area (Å²) in [6, 6.07) is 4.17. The van der Waals surface area contributed by atoms with Crippen molar-refractivity contribution in [3.05, 3.63) is 35.0 Å². The first-order valence-corrected chi connectivity index (χ1v) is 7.56. The molecule has 2 rings (SSSR count). The molecule has 0 aromatic carbocycles. The van der Waals surface area contributed by atoms with E-state index in [-0.39, 0.29) is 24.0 Å². The normalized spacial score (nSPS) is 11.0. The van der Waals surface area contributed by atoms with Crippen LogP contribution in [0.25, 0.3) is 0 Å². The van der Waals surface area contributed by atoms with Gasteiger partial charge in [-0.3, -0.25) is 4.99 Å². The van der Waals surface area contributed by atoms with E-state index in [9.17, 15) is 0 Å². The van der Waals surface area contributed by atoms with E-state index < -0.39 is 0 Å². The number of nitrogens with one attached hydrogen (secondary N) is 2. The summed E-state index contributed by atoms with van der Waals surface area (Å²) < 4.78 is 1.99. The van der Waals surface area contributed by atoms with Crippen LogP contribution >= 0.6 is 35.3 Å².